The van der Waals surface area contributed by atoms with Crippen molar-refractivity contribution in [2.45, 2.75) is 118 Å². The van der Waals surface area contributed by atoms with Gasteiger partial charge in [-0.25, -0.2) is 0 Å². The third-order valence-electron chi connectivity index (χ3n) is 5.60. The van der Waals surface area contributed by atoms with E-state index in [1.54, 1.807) is 4.24 Å². The highest BCUT2D eigenvalue weighted by atomic mass is 32.2. The van der Waals surface area contributed by atoms with Crippen LogP contribution in [-0.4, -0.2) is 5.75 Å². The molecule has 0 aromatic carbocycles. The molecule has 2 aliphatic rings. The first-order valence-electron chi connectivity index (χ1n) is 12.1. The third-order valence-corrected chi connectivity index (χ3v) is 13.0. The van der Waals surface area contributed by atoms with Gasteiger partial charge in [0, 0.05) is 4.91 Å². The Bertz CT molecular complexity index is 587. The largest absolute Gasteiger partial charge is 0.118 e. The Kier molecular flexibility index (Phi) is 15.0. The quantitative estimate of drug-likeness (QED) is 0.192. The molecule has 2 rings (SSSR count). The summed E-state index contributed by atoms with van der Waals surface area (Å²) in [7, 11) is 0. The fourth-order valence-corrected chi connectivity index (χ4v) is 10.6. The maximum absolute atomic E-state index is 2.30. The highest BCUT2D eigenvalue weighted by molar-refractivity contribution is 8.38. The van der Waals surface area contributed by atoms with Crippen molar-refractivity contribution in [1.82, 2.24) is 0 Å². The molecular weight excluding hydrogens is 461 g/mol. The van der Waals surface area contributed by atoms with Crippen molar-refractivity contribution < 1.29 is 0 Å². The number of hydrogen-bond donors (Lipinski definition) is 0. The Morgan fingerprint density at radius 3 is 1.40 bits per heavy atom. The van der Waals surface area contributed by atoms with E-state index in [9.17, 15) is 0 Å². The molecule has 0 aromatic rings. The number of hydrogen-bond acceptors (Lipinski definition) is 5. The molecule has 2 aliphatic heterocycles. The number of unbranched alkanes of at least 4 members (excludes halogenated alkanes) is 13. The Hall–Kier alpha value is 0.970. The summed E-state index contributed by atoms with van der Waals surface area (Å²) in [6.07, 6.45) is 20.2. The zero-order valence-electron chi connectivity index (χ0n) is 19.6. The molecule has 0 aliphatic carbocycles. The summed E-state index contributed by atoms with van der Waals surface area (Å²) in [4.78, 5) is 4.47. The van der Waals surface area contributed by atoms with E-state index in [1.165, 1.54) is 119 Å². The van der Waals surface area contributed by atoms with Gasteiger partial charge in [0.25, 0.3) is 0 Å². The van der Waals surface area contributed by atoms with Gasteiger partial charge in [-0.05, 0) is 42.8 Å². The van der Waals surface area contributed by atoms with Gasteiger partial charge in [-0.1, -0.05) is 137 Å². The van der Waals surface area contributed by atoms with Crippen molar-refractivity contribution in [2.75, 3.05) is 5.75 Å². The second-order valence-electron chi connectivity index (χ2n) is 8.38. The average Bonchev–Trinajstić information content (AvgIpc) is 3.27. The number of allylic oxidation sites excluding steroid dienone is 3. The molecule has 0 bridgehead atoms. The fraction of sp³-hybridized carbons (Fsp3) is 0.760. The lowest BCUT2D eigenvalue weighted by atomic mass is 10.0. The summed E-state index contributed by atoms with van der Waals surface area (Å²) >= 11 is 10.1. The molecule has 0 spiro atoms. The fourth-order valence-electron chi connectivity index (χ4n) is 3.56. The van der Waals surface area contributed by atoms with E-state index in [1.807, 2.05) is 47.0 Å². The topological polar surface area (TPSA) is 0 Å². The highest BCUT2D eigenvalue weighted by Gasteiger charge is 2.25. The normalized spacial score (nSPS) is 17.2. The molecule has 172 valence electrons. The molecule has 0 saturated heterocycles. The summed E-state index contributed by atoms with van der Waals surface area (Å²) in [6, 6.07) is 0. The van der Waals surface area contributed by atoms with Crippen LogP contribution in [-0.2, 0) is 0 Å². The molecule has 0 nitrogen and oxygen atoms in total. The van der Waals surface area contributed by atoms with Crippen molar-refractivity contribution in [3.8, 4) is 0 Å². The summed E-state index contributed by atoms with van der Waals surface area (Å²) in [6.45, 7) is 9.09. The maximum atomic E-state index is 2.30. The number of rotatable bonds is 16. The Morgan fingerprint density at radius 2 is 0.900 bits per heavy atom. The zero-order valence-corrected chi connectivity index (χ0v) is 23.7. The van der Waals surface area contributed by atoms with Gasteiger partial charge in [-0.15, -0.1) is 11.8 Å². The molecule has 0 unspecified atom stereocenters. The molecule has 0 saturated carbocycles. The second-order valence-corrected chi connectivity index (χ2v) is 15.0. The third kappa shape index (κ3) is 10.7. The van der Waals surface area contributed by atoms with Gasteiger partial charge in [-0.2, -0.15) is 0 Å². The molecule has 0 fully saturated rings. The van der Waals surface area contributed by atoms with E-state index < -0.39 is 0 Å². The zero-order chi connectivity index (χ0) is 21.6. The van der Waals surface area contributed by atoms with Crippen LogP contribution in [0.3, 0.4) is 0 Å². The molecule has 0 amide bonds. The van der Waals surface area contributed by atoms with Gasteiger partial charge in [0.2, 0.25) is 0 Å². The van der Waals surface area contributed by atoms with Gasteiger partial charge < -0.3 is 0 Å². The van der Waals surface area contributed by atoms with Crippen LogP contribution in [0.5, 0.6) is 0 Å². The van der Waals surface area contributed by atoms with Gasteiger partial charge in [0.1, 0.15) is 0 Å². The lowest BCUT2D eigenvalue weighted by Gasteiger charge is -2.05. The summed E-state index contributed by atoms with van der Waals surface area (Å²) in [5, 5.41) is 0. The Labute approximate surface area is 208 Å². The van der Waals surface area contributed by atoms with Gasteiger partial charge in [-0.3, -0.25) is 0 Å². The lowest BCUT2D eigenvalue weighted by molar-refractivity contribution is 0.538. The van der Waals surface area contributed by atoms with E-state index in [0.29, 0.717) is 0 Å². The van der Waals surface area contributed by atoms with Crippen LogP contribution >= 0.6 is 58.8 Å². The number of thioether (sulfide) groups is 5. The molecular formula is C25H42S5. The average molecular weight is 503 g/mol. The van der Waals surface area contributed by atoms with Crippen LogP contribution in [0.15, 0.2) is 27.4 Å². The Balaban J connectivity index is 1.41. The molecule has 0 radical (unpaired) electrons. The van der Waals surface area contributed by atoms with Crippen molar-refractivity contribution in [3.63, 3.8) is 0 Å². The SMILES string of the molecule is CCCCCCCCCCCCCCCCSC1=C(C)SC(=C2SC(C)=C(C)S2)S1. The molecule has 5 heteroatoms. The van der Waals surface area contributed by atoms with E-state index in [-0.39, 0.29) is 0 Å². The van der Waals surface area contributed by atoms with Crippen LogP contribution in [0.1, 0.15) is 118 Å². The summed E-state index contributed by atoms with van der Waals surface area (Å²) in [5.74, 6) is 1.29. The van der Waals surface area contributed by atoms with E-state index >= 15 is 0 Å². The summed E-state index contributed by atoms with van der Waals surface area (Å²) in [5.41, 5.74) is 0. The minimum Gasteiger partial charge on any atom is -0.118 e. The van der Waals surface area contributed by atoms with Crippen LogP contribution in [0.25, 0.3) is 0 Å². The van der Waals surface area contributed by atoms with E-state index in [4.69, 9.17) is 0 Å². The predicted molar refractivity (Wildman–Crippen MR) is 151 cm³/mol. The van der Waals surface area contributed by atoms with E-state index in [0.717, 1.165) is 0 Å². The minimum atomic E-state index is 1.29. The second kappa shape index (κ2) is 16.6. The standard InChI is InChI=1S/C25H42S5/c1-5-6-7-8-9-10-11-12-13-14-15-16-17-18-19-26-23-22(4)29-25(30-23)24-27-20(2)21(3)28-24/h5-19H2,1-4H3. The van der Waals surface area contributed by atoms with Crippen molar-refractivity contribution in [1.29, 1.82) is 0 Å². The minimum absolute atomic E-state index is 1.29. The van der Waals surface area contributed by atoms with Crippen LogP contribution in [0.2, 0.25) is 0 Å². The molecule has 30 heavy (non-hydrogen) atoms. The van der Waals surface area contributed by atoms with Gasteiger partial charge in [0.15, 0.2) is 0 Å². The predicted octanol–water partition coefficient (Wildman–Crippen LogP) is 11.7. The maximum Gasteiger partial charge on any atom is 0.0708 e. The molecule has 0 N–H and O–H groups in total. The van der Waals surface area contributed by atoms with Gasteiger partial charge >= 0.3 is 0 Å². The first kappa shape index (κ1) is 27.2. The smallest absolute Gasteiger partial charge is 0.0708 e. The van der Waals surface area contributed by atoms with Crippen molar-refractivity contribution in [3.05, 3.63) is 27.4 Å². The summed E-state index contributed by atoms with van der Waals surface area (Å²) < 4.78 is 4.58. The van der Waals surface area contributed by atoms with Crippen LogP contribution < -0.4 is 0 Å². The van der Waals surface area contributed by atoms with E-state index in [2.05, 4.69) is 39.5 Å². The molecule has 2 heterocycles. The first-order chi connectivity index (χ1) is 14.6. The van der Waals surface area contributed by atoms with Crippen LogP contribution in [0, 0.1) is 0 Å². The van der Waals surface area contributed by atoms with Gasteiger partial charge in [0.05, 0.1) is 12.7 Å². The highest BCUT2D eigenvalue weighted by Crippen LogP contribution is 2.61. The molecule has 0 aromatic heterocycles. The van der Waals surface area contributed by atoms with Crippen molar-refractivity contribution >= 4 is 58.8 Å². The monoisotopic (exact) mass is 502 g/mol. The first-order valence-corrected chi connectivity index (χ1v) is 16.3. The van der Waals surface area contributed by atoms with Crippen LogP contribution in [0.4, 0.5) is 0 Å². The Morgan fingerprint density at radius 1 is 0.500 bits per heavy atom. The van der Waals surface area contributed by atoms with Crippen molar-refractivity contribution in [2.24, 2.45) is 0 Å². The molecule has 0 atom stereocenters. The lowest BCUT2D eigenvalue weighted by Crippen LogP contribution is -1.84.